The molecule has 0 spiro atoms. The number of guanidine groups is 1. The molecule has 1 heterocycles. The average molecular weight is 389 g/mol. The highest BCUT2D eigenvalue weighted by Gasteiger charge is 2.22. The van der Waals surface area contributed by atoms with Gasteiger partial charge in [-0.2, -0.15) is 0 Å². The first-order valence-corrected chi connectivity index (χ1v) is 10.0. The zero-order valence-electron chi connectivity index (χ0n) is 17.2. The zero-order valence-corrected chi connectivity index (χ0v) is 18.1. The maximum absolute atomic E-state index is 5.26. The van der Waals surface area contributed by atoms with Gasteiger partial charge in [-0.3, -0.25) is 4.99 Å². The first-order valence-electron chi connectivity index (χ1n) is 9.16. The van der Waals surface area contributed by atoms with Crippen LogP contribution in [0.2, 0.25) is 0 Å². The minimum Gasteiger partial charge on any atom is -0.497 e. The summed E-state index contributed by atoms with van der Waals surface area (Å²) in [5, 5.41) is 9.06. The van der Waals surface area contributed by atoms with E-state index < -0.39 is 0 Å². The van der Waals surface area contributed by atoms with Gasteiger partial charge in [-0.05, 0) is 43.2 Å². The van der Waals surface area contributed by atoms with Gasteiger partial charge in [0.1, 0.15) is 5.75 Å². The highest BCUT2D eigenvalue weighted by Crippen LogP contribution is 2.26. The maximum Gasteiger partial charge on any atom is 0.191 e. The van der Waals surface area contributed by atoms with E-state index in [1.54, 1.807) is 18.4 Å². The third kappa shape index (κ3) is 5.97. The lowest BCUT2D eigenvalue weighted by Crippen LogP contribution is -2.45. The van der Waals surface area contributed by atoms with Crippen LogP contribution in [0.15, 0.2) is 46.8 Å². The van der Waals surface area contributed by atoms with E-state index in [-0.39, 0.29) is 11.5 Å². The van der Waals surface area contributed by atoms with Crippen LogP contribution in [0.4, 0.5) is 0 Å². The Morgan fingerprint density at radius 1 is 1.19 bits per heavy atom. The van der Waals surface area contributed by atoms with Crippen LogP contribution < -0.4 is 15.4 Å². The molecule has 0 aliphatic heterocycles. The van der Waals surface area contributed by atoms with Crippen molar-refractivity contribution in [3.63, 3.8) is 0 Å². The van der Waals surface area contributed by atoms with E-state index in [0.717, 1.165) is 24.8 Å². The quantitative estimate of drug-likeness (QED) is 0.537. The van der Waals surface area contributed by atoms with Crippen LogP contribution in [0.3, 0.4) is 0 Å². The number of ether oxygens (including phenoxy) is 1. The predicted octanol–water partition coefficient (Wildman–Crippen LogP) is 3.50. The maximum atomic E-state index is 5.26. The van der Waals surface area contributed by atoms with Crippen molar-refractivity contribution in [2.45, 2.75) is 25.3 Å². The molecule has 0 saturated heterocycles. The van der Waals surface area contributed by atoms with Crippen LogP contribution in [0, 0.1) is 0 Å². The third-order valence-corrected chi connectivity index (χ3v) is 5.93. The Bertz CT molecular complexity index is 708. The third-order valence-electron chi connectivity index (χ3n) is 4.70. The average Bonchev–Trinajstić information content (AvgIpc) is 3.20. The van der Waals surface area contributed by atoms with Gasteiger partial charge < -0.3 is 20.3 Å². The van der Waals surface area contributed by atoms with Crippen molar-refractivity contribution in [3.05, 3.63) is 52.2 Å². The van der Waals surface area contributed by atoms with E-state index in [1.165, 1.54) is 10.4 Å². The smallest absolute Gasteiger partial charge is 0.191 e. The molecule has 1 aromatic carbocycles. The summed E-state index contributed by atoms with van der Waals surface area (Å²) in [5.41, 5.74) is 1.30. The topological polar surface area (TPSA) is 48.9 Å². The van der Waals surface area contributed by atoms with E-state index in [1.807, 2.05) is 19.2 Å². The van der Waals surface area contributed by atoms with E-state index in [2.05, 4.69) is 78.1 Å². The first kappa shape index (κ1) is 21.3. The molecule has 0 bridgehead atoms. The summed E-state index contributed by atoms with van der Waals surface area (Å²) in [7, 11) is 7.68. The number of nitrogens with one attached hydrogen (secondary N) is 2. The largest absolute Gasteiger partial charge is 0.497 e. The molecule has 1 unspecified atom stereocenters. The lowest BCUT2D eigenvalue weighted by molar-refractivity contribution is 0.297. The number of hydrogen-bond acceptors (Lipinski definition) is 4. The molecule has 148 valence electrons. The van der Waals surface area contributed by atoms with E-state index >= 15 is 0 Å². The number of methoxy groups -OCH3 is 1. The van der Waals surface area contributed by atoms with Crippen molar-refractivity contribution in [2.24, 2.45) is 4.99 Å². The van der Waals surface area contributed by atoms with E-state index in [9.17, 15) is 0 Å². The monoisotopic (exact) mass is 388 g/mol. The van der Waals surface area contributed by atoms with E-state index in [4.69, 9.17) is 4.74 Å². The molecule has 0 aliphatic carbocycles. The lowest BCUT2D eigenvalue weighted by Gasteiger charge is -2.28. The molecule has 2 N–H and O–H groups in total. The van der Waals surface area contributed by atoms with Crippen LogP contribution >= 0.6 is 11.3 Å². The van der Waals surface area contributed by atoms with Crippen molar-refractivity contribution < 1.29 is 4.74 Å². The highest BCUT2D eigenvalue weighted by atomic mass is 32.1. The van der Waals surface area contributed by atoms with Crippen molar-refractivity contribution in [3.8, 4) is 5.75 Å². The Balaban J connectivity index is 1.96. The van der Waals surface area contributed by atoms with Crippen LogP contribution in [-0.4, -0.2) is 52.2 Å². The zero-order chi connectivity index (χ0) is 19.9. The molecule has 6 heteroatoms. The minimum absolute atomic E-state index is 0.0583. The molecule has 0 fully saturated rings. The van der Waals surface area contributed by atoms with Crippen molar-refractivity contribution in [1.82, 2.24) is 15.5 Å². The molecule has 5 nitrogen and oxygen atoms in total. The Hall–Kier alpha value is -2.05. The van der Waals surface area contributed by atoms with Gasteiger partial charge in [-0.1, -0.05) is 32.0 Å². The van der Waals surface area contributed by atoms with Gasteiger partial charge in [-0.25, -0.2) is 0 Å². The van der Waals surface area contributed by atoms with Gasteiger partial charge in [0.05, 0.1) is 13.2 Å². The Morgan fingerprint density at radius 3 is 2.41 bits per heavy atom. The molecular weight excluding hydrogens is 356 g/mol. The molecule has 2 rings (SSSR count). The molecule has 1 aromatic heterocycles. The fourth-order valence-electron chi connectivity index (χ4n) is 2.89. The minimum atomic E-state index is 0.0583. The van der Waals surface area contributed by atoms with Gasteiger partial charge in [0.25, 0.3) is 0 Å². The molecule has 27 heavy (non-hydrogen) atoms. The fraction of sp³-hybridized carbons (Fsp3) is 0.476. The summed E-state index contributed by atoms with van der Waals surface area (Å²) in [6.45, 7) is 6.08. The van der Waals surface area contributed by atoms with Crippen molar-refractivity contribution in [2.75, 3.05) is 41.3 Å². The summed E-state index contributed by atoms with van der Waals surface area (Å²) in [5.74, 6) is 1.69. The lowest BCUT2D eigenvalue weighted by atomic mass is 9.91. The van der Waals surface area contributed by atoms with Gasteiger partial charge >= 0.3 is 0 Å². The second-order valence-electron chi connectivity index (χ2n) is 7.42. The Morgan fingerprint density at radius 2 is 1.89 bits per heavy atom. The molecule has 1 atom stereocenters. The highest BCUT2D eigenvalue weighted by molar-refractivity contribution is 7.10. The summed E-state index contributed by atoms with van der Waals surface area (Å²) in [6, 6.07) is 12.8. The summed E-state index contributed by atoms with van der Waals surface area (Å²) in [4.78, 5) is 7.96. The molecule has 0 saturated carbocycles. The van der Waals surface area contributed by atoms with Crippen molar-refractivity contribution >= 4 is 17.3 Å². The van der Waals surface area contributed by atoms with Gasteiger partial charge in [0, 0.05) is 30.4 Å². The summed E-state index contributed by atoms with van der Waals surface area (Å²) in [6.07, 6.45) is 0. The number of thiophene rings is 1. The van der Waals surface area contributed by atoms with Crippen LogP contribution in [0.1, 0.15) is 30.3 Å². The number of likely N-dealkylation sites (N-methyl/N-ethyl adjacent to an activating group) is 1. The first-order chi connectivity index (χ1) is 12.9. The molecular formula is C21H32N4OS. The normalized spacial score (nSPS) is 13.5. The summed E-state index contributed by atoms with van der Waals surface area (Å²) < 4.78 is 5.26. The van der Waals surface area contributed by atoms with Crippen molar-refractivity contribution in [1.29, 1.82) is 0 Å². The van der Waals surface area contributed by atoms with Crippen LogP contribution in [0.5, 0.6) is 5.75 Å². The second kappa shape index (κ2) is 9.76. The molecule has 0 amide bonds. The van der Waals surface area contributed by atoms with Gasteiger partial charge in [-0.15, -0.1) is 11.3 Å². The molecule has 0 aliphatic rings. The number of hydrogen-bond donors (Lipinski definition) is 2. The van der Waals surface area contributed by atoms with E-state index in [0.29, 0.717) is 0 Å². The predicted molar refractivity (Wildman–Crippen MR) is 116 cm³/mol. The van der Waals surface area contributed by atoms with Crippen LogP contribution in [-0.2, 0) is 5.41 Å². The van der Waals surface area contributed by atoms with Gasteiger partial charge in [0.15, 0.2) is 5.96 Å². The standard InChI is InChI=1S/C21H32N4OS/c1-21(2,19-8-7-13-27-19)15-24-20(22-3)23-14-18(25(4)5)16-9-11-17(26-6)12-10-16/h7-13,18H,14-15H2,1-6H3,(H2,22,23,24). The Kier molecular flexibility index (Phi) is 7.68. The van der Waals surface area contributed by atoms with Crippen LogP contribution in [0.25, 0.3) is 0 Å². The van der Waals surface area contributed by atoms with Gasteiger partial charge in [0.2, 0.25) is 0 Å². The number of aliphatic imine (C=N–C) groups is 1. The summed E-state index contributed by atoms with van der Waals surface area (Å²) >= 11 is 1.79. The Labute approximate surface area is 167 Å². The molecule has 2 aromatic rings. The molecule has 0 radical (unpaired) electrons. The second-order valence-corrected chi connectivity index (χ2v) is 8.37. The number of rotatable bonds is 8. The SMILES string of the molecule is CN=C(NCC(c1ccc(OC)cc1)N(C)C)NCC(C)(C)c1cccs1. The fourth-order valence-corrected chi connectivity index (χ4v) is 3.75. The number of nitrogens with zero attached hydrogens (tertiary/aromatic N) is 2. The number of benzene rings is 1.